The lowest BCUT2D eigenvalue weighted by atomic mass is 10.1. The number of aromatic amines is 4. The summed E-state index contributed by atoms with van der Waals surface area (Å²) in [6, 6.07) is 8.32. The normalized spacial score (nSPS) is 10.2. The van der Waals surface area contributed by atoms with Crippen molar-refractivity contribution in [1.82, 2.24) is 54.9 Å². The number of hydrogen-bond donors (Lipinski definition) is 6. The van der Waals surface area contributed by atoms with E-state index in [4.69, 9.17) is 23.4 Å². The monoisotopic (exact) mass is 724 g/mol. The Hall–Kier alpha value is -6.30. The fourth-order valence-corrected chi connectivity index (χ4v) is 5.05. The van der Waals surface area contributed by atoms with Crippen LogP contribution in [0, 0.1) is 40.0 Å². The molecule has 2 aromatic carbocycles. The van der Waals surface area contributed by atoms with Gasteiger partial charge in [0.05, 0.1) is 46.7 Å². The molecule has 272 valence electrons. The average Bonchev–Trinajstić information content (AvgIpc) is 3.93. The van der Waals surface area contributed by atoms with Gasteiger partial charge in [0.15, 0.2) is 11.9 Å². The molecular formula is C35H45ClN16. The van der Waals surface area contributed by atoms with Crippen LogP contribution in [-0.4, -0.2) is 54.9 Å². The second-order valence-electron chi connectivity index (χ2n) is 11.9. The van der Waals surface area contributed by atoms with Gasteiger partial charge in [-0.1, -0.05) is 17.8 Å². The maximum absolute atomic E-state index is 8.21. The smallest absolute Gasteiger partial charge is 0.197 e. The van der Waals surface area contributed by atoms with Crippen LogP contribution in [0.3, 0.4) is 0 Å². The first kappa shape index (κ1) is 40.1. The Kier molecular flexibility index (Phi) is 14.4. The van der Waals surface area contributed by atoms with E-state index in [9.17, 15) is 0 Å². The van der Waals surface area contributed by atoms with Crippen molar-refractivity contribution in [3.63, 3.8) is 0 Å². The van der Waals surface area contributed by atoms with Gasteiger partial charge in [0.2, 0.25) is 0 Å². The van der Waals surface area contributed by atoms with Gasteiger partial charge in [0, 0.05) is 35.3 Å². The number of nitrogens with one attached hydrogen (secondary N) is 4. The molecule has 16 nitrogen and oxygen atoms in total. The van der Waals surface area contributed by atoms with Crippen molar-refractivity contribution in [2.45, 2.75) is 73.9 Å². The minimum absolute atomic E-state index is 0. The predicted molar refractivity (Wildman–Crippen MR) is 208 cm³/mol. The van der Waals surface area contributed by atoms with Crippen molar-refractivity contribution < 1.29 is 0 Å². The Morgan fingerprint density at radius 1 is 0.808 bits per heavy atom. The molecule has 5 heterocycles. The Morgan fingerprint density at radius 3 is 1.88 bits per heavy atom. The number of terminal acetylenes is 1. The van der Waals surface area contributed by atoms with Gasteiger partial charge in [-0.2, -0.15) is 0 Å². The van der Waals surface area contributed by atoms with Gasteiger partial charge in [-0.05, 0) is 92.6 Å². The van der Waals surface area contributed by atoms with Crippen molar-refractivity contribution in [2.75, 3.05) is 11.5 Å². The molecule has 5 aromatic heterocycles. The minimum atomic E-state index is 0. The standard InChI is InChI=1S/C17H20N8.C10H11N5.C7H9N3.CH4.ClH/c1-10-5-14-15(6-11(10)2)22-16(21-14)9-25-8-13(23-24-25)4-3-12-7-19-17(18)20-12;1-6-3-8-9(4-7(6)2)14-10(13-8)5-12-15-11;1-2-3-4-6-5-9-7(8)10-6;;/h5-8H,3-4,9H2,1-2H3,(H,21,22)(H3,18,19,20);3-4H,5H2,1-2H3,(H,13,14);1,5H,3-4H2,(H3,8,9,10);1H4;1H. The average molecular weight is 725 g/mol. The third-order valence-electron chi connectivity index (χ3n) is 7.96. The summed E-state index contributed by atoms with van der Waals surface area (Å²) in [6.07, 6.45) is 13.6. The first-order valence-corrected chi connectivity index (χ1v) is 15.9. The molecule has 0 fully saturated rings. The zero-order valence-electron chi connectivity index (χ0n) is 28.9. The molecule has 7 aromatic rings. The Labute approximate surface area is 307 Å². The molecule has 52 heavy (non-hydrogen) atoms. The zero-order valence-corrected chi connectivity index (χ0v) is 29.7. The van der Waals surface area contributed by atoms with Crippen molar-refractivity contribution in [3.05, 3.63) is 104 Å². The maximum atomic E-state index is 8.21. The Bertz CT molecular complexity index is 2210. The van der Waals surface area contributed by atoms with E-state index in [0.717, 1.165) is 70.7 Å². The van der Waals surface area contributed by atoms with Gasteiger partial charge >= 0.3 is 0 Å². The number of nitrogen functional groups attached to an aromatic ring is 2. The number of aromatic nitrogens is 11. The topological polar surface area (TPSA) is 246 Å². The molecule has 7 rings (SSSR count). The lowest BCUT2D eigenvalue weighted by Gasteiger charge is -1.97. The van der Waals surface area contributed by atoms with Gasteiger partial charge in [0.25, 0.3) is 0 Å². The van der Waals surface area contributed by atoms with Crippen LogP contribution in [0.1, 0.15) is 64.8 Å². The van der Waals surface area contributed by atoms with Crippen molar-refractivity contribution in [3.8, 4) is 12.3 Å². The van der Waals surface area contributed by atoms with Crippen molar-refractivity contribution >= 4 is 46.4 Å². The molecule has 0 bridgehead atoms. The molecule has 0 radical (unpaired) electrons. The molecule has 0 atom stereocenters. The molecule has 0 amide bonds. The SMILES string of the molecule is C.C#CCCc1cnc(N)[nH]1.Cc1cc2nc(CN=[N+]=[N-])[nH]c2cc1C.Cc1cc2nc(Cn3cc(CCc4cnc(N)[nH]4)nn3)[nH]c2cc1C.Cl. The number of nitrogens with zero attached hydrogens (tertiary/aromatic N) is 10. The molecule has 0 aliphatic heterocycles. The highest BCUT2D eigenvalue weighted by Crippen LogP contribution is 2.19. The molecule has 0 saturated heterocycles. The third kappa shape index (κ3) is 10.8. The van der Waals surface area contributed by atoms with Crippen molar-refractivity contribution in [2.24, 2.45) is 5.11 Å². The summed E-state index contributed by atoms with van der Waals surface area (Å²) in [6.45, 7) is 9.14. The number of fused-ring (bicyclic) bond motifs is 2. The molecular weight excluding hydrogens is 680 g/mol. The van der Waals surface area contributed by atoms with Crippen LogP contribution in [0.15, 0.2) is 48.0 Å². The lowest BCUT2D eigenvalue weighted by Crippen LogP contribution is -2.02. The Morgan fingerprint density at radius 2 is 1.35 bits per heavy atom. The van der Waals surface area contributed by atoms with E-state index in [2.05, 4.69) is 112 Å². The molecule has 0 aliphatic carbocycles. The summed E-state index contributed by atoms with van der Waals surface area (Å²) in [5, 5.41) is 11.9. The predicted octanol–water partition coefficient (Wildman–Crippen LogP) is 6.52. The molecule has 17 heteroatoms. The second kappa shape index (κ2) is 18.6. The van der Waals surface area contributed by atoms with Crippen LogP contribution in [0.5, 0.6) is 0 Å². The largest absolute Gasteiger partial charge is 0.369 e. The summed E-state index contributed by atoms with van der Waals surface area (Å²) in [7, 11) is 0. The maximum Gasteiger partial charge on any atom is 0.197 e. The van der Waals surface area contributed by atoms with Crippen LogP contribution in [0.4, 0.5) is 11.9 Å². The number of H-pyrrole nitrogens is 4. The number of azide groups is 1. The highest BCUT2D eigenvalue weighted by atomic mass is 35.5. The minimum Gasteiger partial charge on any atom is -0.369 e. The van der Waals surface area contributed by atoms with Gasteiger partial charge in [0.1, 0.15) is 18.2 Å². The lowest BCUT2D eigenvalue weighted by molar-refractivity contribution is 0.630. The van der Waals surface area contributed by atoms with E-state index in [1.807, 2.05) is 12.3 Å². The summed E-state index contributed by atoms with van der Waals surface area (Å²) >= 11 is 0. The van der Waals surface area contributed by atoms with E-state index < -0.39 is 0 Å². The molecule has 8 N–H and O–H groups in total. The first-order valence-electron chi connectivity index (χ1n) is 15.9. The summed E-state index contributed by atoms with van der Waals surface area (Å²) < 4.78 is 1.80. The first-order chi connectivity index (χ1) is 24.1. The van der Waals surface area contributed by atoms with E-state index in [1.165, 1.54) is 22.3 Å². The number of halogens is 1. The molecule has 0 saturated carbocycles. The number of anilines is 2. The second-order valence-corrected chi connectivity index (χ2v) is 11.9. The highest BCUT2D eigenvalue weighted by molar-refractivity contribution is 5.85. The molecule has 0 unspecified atom stereocenters. The summed E-state index contributed by atoms with van der Waals surface area (Å²) in [5.41, 5.74) is 30.9. The van der Waals surface area contributed by atoms with Crippen LogP contribution >= 0.6 is 12.4 Å². The van der Waals surface area contributed by atoms with Crippen LogP contribution in [0.25, 0.3) is 32.5 Å². The van der Waals surface area contributed by atoms with E-state index in [-0.39, 0.29) is 26.4 Å². The number of aryl methyl sites for hydroxylation is 7. The fourth-order valence-electron chi connectivity index (χ4n) is 5.05. The number of hydrogen-bond acceptors (Lipinski definition) is 9. The third-order valence-corrected chi connectivity index (χ3v) is 7.96. The van der Waals surface area contributed by atoms with Gasteiger partial charge in [-0.25, -0.2) is 24.6 Å². The summed E-state index contributed by atoms with van der Waals surface area (Å²) in [4.78, 5) is 31.9. The van der Waals surface area contributed by atoms with Gasteiger partial charge in [-0.15, -0.1) is 29.8 Å². The molecule has 0 spiro atoms. The number of nitrogens with two attached hydrogens (primary N) is 2. The highest BCUT2D eigenvalue weighted by Gasteiger charge is 2.09. The van der Waals surface area contributed by atoms with Crippen LogP contribution < -0.4 is 11.5 Å². The number of benzene rings is 2. The van der Waals surface area contributed by atoms with Gasteiger partial charge < -0.3 is 31.4 Å². The fraction of sp³-hybridized carbons (Fsp3) is 0.314. The Balaban J connectivity index is 0.000000231. The van der Waals surface area contributed by atoms with Crippen LogP contribution in [0.2, 0.25) is 0 Å². The van der Waals surface area contributed by atoms with E-state index in [0.29, 0.717) is 24.3 Å². The zero-order chi connectivity index (χ0) is 35.6. The number of imidazole rings is 4. The van der Waals surface area contributed by atoms with Gasteiger partial charge in [-0.3, -0.25) is 0 Å². The summed E-state index contributed by atoms with van der Waals surface area (Å²) in [5.74, 6) is 5.00. The van der Waals surface area contributed by atoms with Crippen molar-refractivity contribution in [1.29, 1.82) is 0 Å². The molecule has 0 aliphatic rings. The van der Waals surface area contributed by atoms with Crippen LogP contribution in [-0.2, 0) is 32.4 Å². The van der Waals surface area contributed by atoms with E-state index in [1.54, 1.807) is 17.1 Å². The quantitative estimate of drug-likeness (QED) is 0.0413. The number of rotatable bonds is 9. The van der Waals surface area contributed by atoms with E-state index >= 15 is 0 Å².